The Hall–Kier alpha value is -1.98. The van der Waals surface area contributed by atoms with Crippen LogP contribution in [0.15, 0.2) is 6.07 Å². The molecule has 1 aromatic rings. The highest BCUT2D eigenvalue weighted by atomic mass is 32.2. The Morgan fingerprint density at radius 3 is 2.43 bits per heavy atom. The highest BCUT2D eigenvalue weighted by Gasteiger charge is 2.32. The van der Waals surface area contributed by atoms with Gasteiger partial charge in [0.15, 0.2) is 6.29 Å². The lowest BCUT2D eigenvalue weighted by molar-refractivity contribution is -0.125. The lowest BCUT2D eigenvalue weighted by atomic mass is 9.92. The summed E-state index contributed by atoms with van der Waals surface area (Å²) in [6, 6.07) is 1.81. The first-order valence-corrected chi connectivity index (χ1v) is 12.1. The molecule has 3 rings (SSSR count). The third-order valence-corrected chi connectivity index (χ3v) is 6.83. The van der Waals surface area contributed by atoms with Gasteiger partial charge in [0.25, 0.3) is 0 Å². The standard InChI is InChI=1S/C19H32N6O4S/c1-12-10-16(26)22-18(20-12)25-15(11-14(23-25)19(2,3)4)21-17(27)13-6-8-24(9-7-13)30(5,28)29/h11-13,18,20H,6-10H2,1-5H3,(H,21,27)(H,22,26). The van der Waals surface area contributed by atoms with Crippen molar-refractivity contribution in [3.05, 3.63) is 11.8 Å². The third-order valence-electron chi connectivity index (χ3n) is 5.53. The van der Waals surface area contributed by atoms with Crippen LogP contribution in [0.5, 0.6) is 0 Å². The molecule has 0 aliphatic carbocycles. The van der Waals surface area contributed by atoms with E-state index in [4.69, 9.17) is 0 Å². The number of amides is 2. The average molecular weight is 441 g/mol. The normalized spacial score (nSPS) is 24.5. The van der Waals surface area contributed by atoms with Gasteiger partial charge in [0.05, 0.1) is 11.9 Å². The van der Waals surface area contributed by atoms with Crippen LogP contribution in [-0.4, -0.2) is 59.7 Å². The van der Waals surface area contributed by atoms with Crippen LogP contribution in [0, 0.1) is 5.92 Å². The number of nitrogens with one attached hydrogen (secondary N) is 3. The van der Waals surface area contributed by atoms with Crippen LogP contribution < -0.4 is 16.0 Å². The van der Waals surface area contributed by atoms with Gasteiger partial charge in [0, 0.05) is 43.0 Å². The van der Waals surface area contributed by atoms with E-state index in [1.165, 1.54) is 10.6 Å². The van der Waals surface area contributed by atoms with Crippen LogP contribution in [0.4, 0.5) is 5.82 Å². The first-order valence-electron chi connectivity index (χ1n) is 10.3. The van der Waals surface area contributed by atoms with Crippen LogP contribution >= 0.6 is 0 Å². The van der Waals surface area contributed by atoms with Gasteiger partial charge in [0.1, 0.15) is 5.82 Å². The summed E-state index contributed by atoms with van der Waals surface area (Å²) < 4.78 is 26.4. The Balaban J connectivity index is 1.78. The molecule has 0 radical (unpaired) electrons. The molecule has 2 atom stereocenters. The Morgan fingerprint density at radius 2 is 1.90 bits per heavy atom. The summed E-state index contributed by atoms with van der Waals surface area (Å²) in [4.78, 5) is 24.9. The Bertz CT molecular complexity index is 912. The molecule has 1 aromatic heterocycles. The Morgan fingerprint density at radius 1 is 1.27 bits per heavy atom. The van der Waals surface area contributed by atoms with Crippen LogP contribution in [0.1, 0.15) is 58.9 Å². The molecule has 10 nitrogen and oxygen atoms in total. The molecule has 0 saturated carbocycles. The second-order valence-electron chi connectivity index (χ2n) is 9.28. The lowest BCUT2D eigenvalue weighted by Gasteiger charge is -2.31. The maximum Gasteiger partial charge on any atom is 0.228 e. The maximum atomic E-state index is 12.9. The summed E-state index contributed by atoms with van der Waals surface area (Å²) in [5.41, 5.74) is 0.550. The largest absolute Gasteiger partial charge is 0.322 e. The Kier molecular flexibility index (Phi) is 6.26. The second-order valence-corrected chi connectivity index (χ2v) is 11.3. The number of hydrogen-bond acceptors (Lipinski definition) is 6. The van der Waals surface area contributed by atoms with Crippen molar-refractivity contribution in [3.8, 4) is 0 Å². The summed E-state index contributed by atoms with van der Waals surface area (Å²) in [7, 11) is -3.24. The van der Waals surface area contributed by atoms with E-state index >= 15 is 0 Å². The van der Waals surface area contributed by atoms with E-state index in [1.54, 1.807) is 4.68 Å². The molecule has 0 bridgehead atoms. The highest BCUT2D eigenvalue weighted by molar-refractivity contribution is 7.88. The van der Waals surface area contributed by atoms with Crippen molar-refractivity contribution in [2.45, 2.75) is 64.7 Å². The molecule has 2 saturated heterocycles. The van der Waals surface area contributed by atoms with Crippen molar-refractivity contribution in [1.82, 2.24) is 24.7 Å². The zero-order valence-electron chi connectivity index (χ0n) is 18.2. The molecule has 30 heavy (non-hydrogen) atoms. The predicted octanol–water partition coefficient (Wildman–Crippen LogP) is 0.745. The number of carbonyl (C=O) groups is 2. The minimum atomic E-state index is -3.24. The number of piperidine rings is 1. The molecule has 11 heteroatoms. The number of hydrogen-bond donors (Lipinski definition) is 3. The zero-order valence-corrected chi connectivity index (χ0v) is 19.0. The van der Waals surface area contributed by atoms with Gasteiger partial charge >= 0.3 is 0 Å². The van der Waals surface area contributed by atoms with Gasteiger partial charge in [-0.15, -0.1) is 0 Å². The van der Waals surface area contributed by atoms with Crippen LogP contribution in [0.25, 0.3) is 0 Å². The molecular formula is C19H32N6O4S. The smallest absolute Gasteiger partial charge is 0.228 e. The van der Waals surface area contributed by atoms with E-state index in [1.807, 2.05) is 33.8 Å². The molecule has 0 spiro atoms. The predicted molar refractivity (Wildman–Crippen MR) is 113 cm³/mol. The number of nitrogens with zero attached hydrogens (tertiary/aromatic N) is 3. The van der Waals surface area contributed by atoms with Gasteiger partial charge in [-0.2, -0.15) is 5.10 Å². The Labute approximate surface area is 177 Å². The topological polar surface area (TPSA) is 125 Å². The summed E-state index contributed by atoms with van der Waals surface area (Å²) in [5, 5.41) is 13.8. The van der Waals surface area contributed by atoms with Gasteiger partial charge < -0.3 is 10.6 Å². The quantitative estimate of drug-likeness (QED) is 0.634. The summed E-state index contributed by atoms with van der Waals surface area (Å²) in [6.45, 7) is 8.68. The zero-order chi connectivity index (χ0) is 22.3. The van der Waals surface area contributed by atoms with Crippen LogP contribution in [-0.2, 0) is 25.0 Å². The first kappa shape index (κ1) is 22.7. The molecule has 2 aliphatic rings. The number of aromatic nitrogens is 2. The van der Waals surface area contributed by atoms with Crippen molar-refractivity contribution < 1.29 is 18.0 Å². The van der Waals surface area contributed by atoms with Gasteiger partial charge in [-0.05, 0) is 19.8 Å². The van der Waals surface area contributed by atoms with Gasteiger partial charge in [-0.25, -0.2) is 17.4 Å². The van der Waals surface area contributed by atoms with E-state index in [2.05, 4.69) is 21.0 Å². The molecular weight excluding hydrogens is 408 g/mol. The molecule has 3 heterocycles. The monoisotopic (exact) mass is 440 g/mol. The summed E-state index contributed by atoms with van der Waals surface area (Å²) in [5.74, 6) is -0.0240. The van der Waals surface area contributed by atoms with Crippen LogP contribution in [0.2, 0.25) is 0 Å². The fraction of sp³-hybridized carbons (Fsp3) is 0.737. The molecule has 2 unspecified atom stereocenters. The fourth-order valence-electron chi connectivity index (χ4n) is 3.72. The van der Waals surface area contributed by atoms with Crippen molar-refractivity contribution in [2.24, 2.45) is 5.92 Å². The summed E-state index contributed by atoms with van der Waals surface area (Å²) in [6.07, 6.45) is 1.94. The van der Waals surface area contributed by atoms with Crippen molar-refractivity contribution in [3.63, 3.8) is 0 Å². The number of anilines is 1. The van der Waals surface area contributed by atoms with Gasteiger partial charge in [-0.3, -0.25) is 14.9 Å². The first-order chi connectivity index (χ1) is 13.8. The highest BCUT2D eigenvalue weighted by Crippen LogP contribution is 2.27. The van der Waals surface area contributed by atoms with Crippen LogP contribution in [0.3, 0.4) is 0 Å². The molecule has 2 amide bonds. The number of sulfonamides is 1. The molecule has 2 fully saturated rings. The van der Waals surface area contributed by atoms with Crippen molar-refractivity contribution in [1.29, 1.82) is 0 Å². The molecule has 168 valence electrons. The number of rotatable bonds is 4. The second kappa shape index (κ2) is 8.27. The van der Waals surface area contributed by atoms with E-state index in [-0.39, 0.29) is 29.2 Å². The molecule has 2 aliphatic heterocycles. The maximum absolute atomic E-state index is 12.9. The van der Waals surface area contributed by atoms with E-state index < -0.39 is 16.3 Å². The average Bonchev–Trinajstić information content (AvgIpc) is 3.04. The lowest BCUT2D eigenvalue weighted by Crippen LogP contribution is -2.52. The van der Waals surface area contributed by atoms with Gasteiger partial charge in [-0.1, -0.05) is 20.8 Å². The summed E-state index contributed by atoms with van der Waals surface area (Å²) >= 11 is 0. The molecule has 0 aromatic carbocycles. The minimum Gasteiger partial charge on any atom is -0.322 e. The van der Waals surface area contributed by atoms with E-state index in [0.29, 0.717) is 38.2 Å². The van der Waals surface area contributed by atoms with Crippen molar-refractivity contribution >= 4 is 27.7 Å². The third kappa shape index (κ3) is 5.19. The van der Waals surface area contributed by atoms with E-state index in [9.17, 15) is 18.0 Å². The van der Waals surface area contributed by atoms with Gasteiger partial charge in [0.2, 0.25) is 21.8 Å². The molecule has 3 N–H and O–H groups in total. The number of carbonyl (C=O) groups excluding carboxylic acids is 2. The van der Waals surface area contributed by atoms with E-state index in [0.717, 1.165) is 5.69 Å². The fourth-order valence-corrected chi connectivity index (χ4v) is 4.59. The van der Waals surface area contributed by atoms with Crippen molar-refractivity contribution in [2.75, 3.05) is 24.7 Å². The minimum absolute atomic E-state index is 0.0186. The SMILES string of the molecule is CC1CC(=O)NC(n2nc(C(C)(C)C)cc2NC(=O)C2CCN(S(C)(=O)=O)CC2)N1.